The summed E-state index contributed by atoms with van der Waals surface area (Å²) < 4.78 is 0. The van der Waals surface area contributed by atoms with E-state index < -0.39 is 0 Å². The Morgan fingerprint density at radius 3 is 2.36 bits per heavy atom. The maximum atomic E-state index is 9.07. The van der Waals surface area contributed by atoms with Gasteiger partial charge in [-0.25, -0.2) is 0 Å². The van der Waals surface area contributed by atoms with Crippen LogP contribution in [-0.2, 0) is 0 Å². The van der Waals surface area contributed by atoms with Crippen molar-refractivity contribution in [3.63, 3.8) is 0 Å². The lowest BCUT2D eigenvalue weighted by Crippen LogP contribution is -2.39. The van der Waals surface area contributed by atoms with Gasteiger partial charge in [-0.2, -0.15) is 0 Å². The smallest absolute Gasteiger partial charge is 0.0518 e. The van der Waals surface area contributed by atoms with Crippen molar-refractivity contribution in [1.82, 2.24) is 5.32 Å². The molecule has 1 unspecified atom stereocenters. The molecule has 0 spiro atoms. The van der Waals surface area contributed by atoms with Gasteiger partial charge < -0.3 is 15.5 Å². The van der Waals surface area contributed by atoms with Crippen LogP contribution in [0.5, 0.6) is 0 Å². The quantitative estimate of drug-likeness (QED) is 0.566. The van der Waals surface area contributed by atoms with Gasteiger partial charge in [-0.15, -0.1) is 0 Å². The Kier molecular flexibility index (Phi) is 4.35. The van der Waals surface area contributed by atoms with Crippen LogP contribution < -0.4 is 5.32 Å². The second-order valence-electron chi connectivity index (χ2n) is 5.07. The van der Waals surface area contributed by atoms with Gasteiger partial charge in [0, 0.05) is 12.0 Å². The first-order valence-electron chi connectivity index (χ1n) is 5.54. The second kappa shape index (κ2) is 5.10. The van der Waals surface area contributed by atoms with Crippen LogP contribution in [0.3, 0.4) is 0 Å². The molecule has 1 atom stereocenters. The van der Waals surface area contributed by atoms with Gasteiger partial charge in [0.1, 0.15) is 0 Å². The molecular weight excluding hydrogens is 178 g/mol. The van der Waals surface area contributed by atoms with Crippen molar-refractivity contribution in [2.24, 2.45) is 17.3 Å². The molecule has 1 fully saturated rings. The van der Waals surface area contributed by atoms with Gasteiger partial charge in [0.05, 0.1) is 13.2 Å². The van der Waals surface area contributed by atoms with Gasteiger partial charge in [-0.3, -0.25) is 0 Å². The molecule has 14 heavy (non-hydrogen) atoms. The molecule has 3 nitrogen and oxygen atoms in total. The van der Waals surface area contributed by atoms with Crippen LogP contribution in [0.1, 0.15) is 26.7 Å². The Labute approximate surface area is 86.5 Å². The van der Waals surface area contributed by atoms with Crippen molar-refractivity contribution < 1.29 is 10.2 Å². The first kappa shape index (κ1) is 12.0. The van der Waals surface area contributed by atoms with Gasteiger partial charge in [-0.1, -0.05) is 13.8 Å². The van der Waals surface area contributed by atoms with E-state index in [2.05, 4.69) is 12.2 Å². The van der Waals surface area contributed by atoms with Crippen molar-refractivity contribution >= 4 is 0 Å². The number of aliphatic hydroxyl groups is 2. The topological polar surface area (TPSA) is 52.5 Å². The summed E-state index contributed by atoms with van der Waals surface area (Å²) in [6.07, 6.45) is 2.75. The predicted octanol–water partition coefficient (Wildman–Crippen LogP) is 0.613. The third-order valence-electron chi connectivity index (χ3n) is 3.21. The molecule has 0 bridgehead atoms. The minimum Gasteiger partial charge on any atom is -0.396 e. The zero-order valence-electron chi connectivity index (χ0n) is 9.29. The summed E-state index contributed by atoms with van der Waals surface area (Å²) >= 11 is 0. The van der Waals surface area contributed by atoms with Crippen LogP contribution in [0, 0.1) is 17.3 Å². The summed E-state index contributed by atoms with van der Waals surface area (Å²) in [6, 6.07) is 0. The van der Waals surface area contributed by atoms with Crippen LogP contribution in [0.15, 0.2) is 0 Å². The molecule has 1 rings (SSSR count). The van der Waals surface area contributed by atoms with Crippen LogP contribution in [0.2, 0.25) is 0 Å². The van der Waals surface area contributed by atoms with Crippen molar-refractivity contribution in [2.75, 3.05) is 26.3 Å². The van der Waals surface area contributed by atoms with Gasteiger partial charge in [-0.05, 0) is 31.2 Å². The molecule has 0 saturated heterocycles. The first-order valence-corrected chi connectivity index (χ1v) is 5.54. The van der Waals surface area contributed by atoms with E-state index in [1.807, 2.05) is 6.92 Å². The van der Waals surface area contributed by atoms with E-state index in [1.165, 1.54) is 12.8 Å². The highest BCUT2D eigenvalue weighted by molar-refractivity contribution is 4.81. The highest BCUT2D eigenvalue weighted by atomic mass is 16.3. The predicted molar refractivity (Wildman–Crippen MR) is 57.0 cm³/mol. The van der Waals surface area contributed by atoms with E-state index in [1.54, 1.807) is 0 Å². The van der Waals surface area contributed by atoms with Crippen molar-refractivity contribution in [3.05, 3.63) is 0 Å². The summed E-state index contributed by atoms with van der Waals surface area (Å²) in [6.45, 7) is 5.92. The average Bonchev–Trinajstić information content (AvgIpc) is 3.00. The molecule has 3 heteroatoms. The Morgan fingerprint density at radius 2 is 1.93 bits per heavy atom. The number of hydrogen-bond donors (Lipinski definition) is 3. The molecule has 1 aliphatic rings. The fraction of sp³-hybridized carbons (Fsp3) is 1.00. The van der Waals surface area contributed by atoms with Crippen LogP contribution in [0.25, 0.3) is 0 Å². The van der Waals surface area contributed by atoms with E-state index in [9.17, 15) is 0 Å². The SMILES string of the molecule is CC(CNCC(C)(CO)CO)C1CC1. The van der Waals surface area contributed by atoms with Crippen molar-refractivity contribution in [3.8, 4) is 0 Å². The summed E-state index contributed by atoms with van der Waals surface area (Å²) in [5.74, 6) is 1.65. The summed E-state index contributed by atoms with van der Waals surface area (Å²) in [4.78, 5) is 0. The third-order valence-corrected chi connectivity index (χ3v) is 3.21. The molecule has 3 N–H and O–H groups in total. The lowest BCUT2D eigenvalue weighted by molar-refractivity contribution is 0.0689. The van der Waals surface area contributed by atoms with Gasteiger partial charge in [0.25, 0.3) is 0 Å². The normalized spacial score (nSPS) is 19.7. The number of aliphatic hydroxyl groups excluding tert-OH is 2. The number of hydrogen-bond acceptors (Lipinski definition) is 3. The molecule has 84 valence electrons. The minimum absolute atomic E-state index is 0.0360. The zero-order chi connectivity index (χ0) is 10.6. The van der Waals surface area contributed by atoms with E-state index in [0.717, 1.165) is 18.4 Å². The Morgan fingerprint density at radius 1 is 1.36 bits per heavy atom. The fourth-order valence-electron chi connectivity index (χ4n) is 1.60. The number of rotatable bonds is 7. The maximum absolute atomic E-state index is 9.07. The molecule has 0 aromatic carbocycles. The first-order chi connectivity index (χ1) is 6.61. The van der Waals surface area contributed by atoms with Crippen LogP contribution in [-0.4, -0.2) is 36.5 Å². The third kappa shape index (κ3) is 3.56. The van der Waals surface area contributed by atoms with Crippen molar-refractivity contribution in [1.29, 1.82) is 0 Å². The van der Waals surface area contributed by atoms with Crippen LogP contribution in [0.4, 0.5) is 0 Å². The standard InChI is InChI=1S/C11H23NO2/c1-9(10-3-4-10)5-12-6-11(2,7-13)8-14/h9-10,12-14H,3-8H2,1-2H3. The average molecular weight is 201 g/mol. The largest absolute Gasteiger partial charge is 0.396 e. The Bertz CT molecular complexity index is 165. The van der Waals surface area contributed by atoms with E-state index in [4.69, 9.17) is 10.2 Å². The highest BCUT2D eigenvalue weighted by Gasteiger charge is 2.28. The summed E-state index contributed by atoms with van der Waals surface area (Å²) in [5, 5.41) is 21.5. The Hall–Kier alpha value is -0.120. The van der Waals surface area contributed by atoms with E-state index >= 15 is 0 Å². The monoisotopic (exact) mass is 201 g/mol. The lowest BCUT2D eigenvalue weighted by atomic mass is 9.93. The molecule has 0 aromatic rings. The molecule has 0 heterocycles. The molecule has 0 aromatic heterocycles. The number of nitrogens with one attached hydrogen (secondary N) is 1. The fourth-order valence-corrected chi connectivity index (χ4v) is 1.60. The van der Waals surface area contributed by atoms with E-state index in [0.29, 0.717) is 6.54 Å². The van der Waals surface area contributed by atoms with Gasteiger partial charge in [0.15, 0.2) is 0 Å². The summed E-state index contributed by atoms with van der Waals surface area (Å²) in [7, 11) is 0. The molecule has 0 aliphatic heterocycles. The molecule has 1 aliphatic carbocycles. The van der Waals surface area contributed by atoms with Crippen LogP contribution >= 0.6 is 0 Å². The molecular formula is C11H23NO2. The highest BCUT2D eigenvalue weighted by Crippen LogP contribution is 2.36. The molecule has 0 radical (unpaired) electrons. The maximum Gasteiger partial charge on any atom is 0.0518 e. The van der Waals surface area contributed by atoms with Gasteiger partial charge in [0.2, 0.25) is 0 Å². The molecule has 1 saturated carbocycles. The molecule has 0 amide bonds. The second-order valence-corrected chi connectivity index (χ2v) is 5.07. The minimum atomic E-state index is -0.372. The van der Waals surface area contributed by atoms with Gasteiger partial charge >= 0.3 is 0 Å². The Balaban J connectivity index is 2.12. The summed E-state index contributed by atoms with van der Waals surface area (Å²) in [5.41, 5.74) is -0.372. The zero-order valence-corrected chi connectivity index (χ0v) is 9.29. The lowest BCUT2D eigenvalue weighted by Gasteiger charge is -2.25. The van der Waals surface area contributed by atoms with E-state index in [-0.39, 0.29) is 18.6 Å². The van der Waals surface area contributed by atoms with Crippen molar-refractivity contribution in [2.45, 2.75) is 26.7 Å².